The van der Waals surface area contributed by atoms with Gasteiger partial charge in [0, 0.05) is 13.1 Å². The lowest BCUT2D eigenvalue weighted by Crippen LogP contribution is -2.45. The number of nitrogens with one attached hydrogen (secondary N) is 3. The Morgan fingerprint density at radius 1 is 0.879 bits per heavy atom. The average Bonchev–Trinajstić information content (AvgIpc) is 2.80. The van der Waals surface area contributed by atoms with Crippen LogP contribution in [-0.4, -0.2) is 36.5 Å². The number of nitrogens with two attached hydrogens (primary N) is 1. The van der Waals surface area contributed by atoms with E-state index in [2.05, 4.69) is 10.6 Å². The zero-order valence-electron chi connectivity index (χ0n) is 17.4. The fourth-order valence-corrected chi connectivity index (χ4v) is 2.68. The van der Waals surface area contributed by atoms with E-state index >= 15 is 0 Å². The van der Waals surface area contributed by atoms with Gasteiger partial charge in [0.1, 0.15) is 0 Å². The fourth-order valence-electron chi connectivity index (χ4n) is 2.68. The third kappa shape index (κ3) is 8.62. The van der Waals surface area contributed by atoms with Crippen molar-refractivity contribution in [1.29, 1.82) is 5.26 Å². The number of nitrogens with zero attached hydrogens (tertiary/aromatic N) is 1. The van der Waals surface area contributed by atoms with Gasteiger partial charge in [0.2, 0.25) is 11.8 Å². The van der Waals surface area contributed by atoms with Gasteiger partial charge in [-0.2, -0.15) is 18.4 Å². The zero-order chi connectivity index (χ0) is 24.4. The molecule has 0 aliphatic rings. The molecule has 0 aliphatic carbocycles. The van der Waals surface area contributed by atoms with Gasteiger partial charge in [-0.1, -0.05) is 36.4 Å². The molecule has 0 radical (unpaired) electrons. The highest BCUT2D eigenvalue weighted by molar-refractivity contribution is 5.87. The normalized spacial score (nSPS) is 11.7. The van der Waals surface area contributed by atoms with Crippen LogP contribution in [-0.2, 0) is 33.9 Å². The molecule has 0 spiro atoms. The Kier molecular flexibility index (Phi) is 8.94. The Bertz CT molecular complexity index is 1020. The zero-order valence-corrected chi connectivity index (χ0v) is 17.4. The summed E-state index contributed by atoms with van der Waals surface area (Å²) in [5.74, 6) is -2.97. The van der Waals surface area contributed by atoms with Crippen LogP contribution in [0.2, 0.25) is 0 Å². The van der Waals surface area contributed by atoms with Crippen LogP contribution >= 0.6 is 0 Å². The largest absolute Gasteiger partial charge is 0.471 e. The molecule has 0 fully saturated rings. The average molecular weight is 461 g/mol. The van der Waals surface area contributed by atoms with Crippen LogP contribution < -0.4 is 21.7 Å². The first-order chi connectivity index (χ1) is 15.6. The molecule has 0 saturated carbocycles. The lowest BCUT2D eigenvalue weighted by Gasteiger charge is -2.13. The van der Waals surface area contributed by atoms with E-state index in [4.69, 9.17) is 11.0 Å². The summed E-state index contributed by atoms with van der Waals surface area (Å²) in [7, 11) is 0. The molecule has 3 amide bonds. The topological polar surface area (TPSA) is 137 Å². The summed E-state index contributed by atoms with van der Waals surface area (Å²) < 4.78 is 36.6. The van der Waals surface area contributed by atoms with Crippen molar-refractivity contribution in [3.8, 4) is 6.07 Å². The van der Waals surface area contributed by atoms with Crippen molar-refractivity contribution < 1.29 is 27.6 Å². The molecule has 0 aromatic heterocycles. The maximum absolute atomic E-state index is 12.2. The Balaban J connectivity index is 1.73. The quantitative estimate of drug-likeness (QED) is 0.442. The smallest absolute Gasteiger partial charge is 0.350 e. The number of halogens is 3. The van der Waals surface area contributed by atoms with Crippen molar-refractivity contribution in [3.63, 3.8) is 0 Å². The second kappa shape index (κ2) is 11.6. The molecular formula is C22H22F3N5O3. The third-order valence-corrected chi connectivity index (χ3v) is 4.52. The highest BCUT2D eigenvalue weighted by Crippen LogP contribution is 2.14. The molecule has 2 aromatic carbocycles. The number of carbonyl (C=O) groups is 3. The predicted octanol–water partition coefficient (Wildman–Crippen LogP) is 1.04. The van der Waals surface area contributed by atoms with Gasteiger partial charge in [0.25, 0.3) is 0 Å². The number of hydrogen-bond acceptors (Lipinski definition) is 5. The van der Waals surface area contributed by atoms with Crippen LogP contribution in [0.3, 0.4) is 0 Å². The highest BCUT2D eigenvalue weighted by Gasteiger charge is 2.38. The Hall–Kier alpha value is -3.91. The lowest BCUT2D eigenvalue weighted by molar-refractivity contribution is -0.173. The molecular weight excluding hydrogens is 439 g/mol. The van der Waals surface area contributed by atoms with Crippen LogP contribution in [0.1, 0.15) is 22.3 Å². The van der Waals surface area contributed by atoms with E-state index in [9.17, 15) is 27.6 Å². The van der Waals surface area contributed by atoms with Gasteiger partial charge in [-0.25, -0.2) is 0 Å². The van der Waals surface area contributed by atoms with Crippen LogP contribution in [0.4, 0.5) is 13.2 Å². The summed E-state index contributed by atoms with van der Waals surface area (Å²) in [4.78, 5) is 34.9. The van der Waals surface area contributed by atoms with E-state index in [0.717, 1.165) is 5.56 Å². The van der Waals surface area contributed by atoms with Gasteiger partial charge in [-0.15, -0.1) is 0 Å². The van der Waals surface area contributed by atoms with E-state index in [-0.39, 0.29) is 26.1 Å². The number of benzene rings is 2. The molecule has 8 nitrogen and oxygen atoms in total. The Morgan fingerprint density at radius 3 is 1.94 bits per heavy atom. The van der Waals surface area contributed by atoms with Crippen molar-refractivity contribution in [2.24, 2.45) is 5.73 Å². The van der Waals surface area contributed by atoms with Gasteiger partial charge in [0.05, 0.1) is 24.2 Å². The van der Waals surface area contributed by atoms with Crippen LogP contribution in [0.15, 0.2) is 48.5 Å². The molecule has 0 aliphatic heterocycles. The molecule has 0 bridgehead atoms. The molecule has 2 aromatic rings. The van der Waals surface area contributed by atoms with E-state index in [0.29, 0.717) is 16.7 Å². The SMILES string of the molecule is N#Cc1ccc(CNC(=O)CNC(=O)C(N)Cc2ccc(CNC(=O)C(F)(F)F)cc2)cc1. The van der Waals surface area contributed by atoms with E-state index < -0.39 is 29.9 Å². The molecule has 1 unspecified atom stereocenters. The van der Waals surface area contributed by atoms with Crippen molar-refractivity contribution in [2.75, 3.05) is 6.54 Å². The molecule has 0 saturated heterocycles. The molecule has 174 valence electrons. The molecule has 0 heterocycles. The Labute approximate surface area is 188 Å². The Morgan fingerprint density at radius 2 is 1.39 bits per heavy atom. The highest BCUT2D eigenvalue weighted by atomic mass is 19.4. The first-order valence-electron chi connectivity index (χ1n) is 9.80. The summed E-state index contributed by atoms with van der Waals surface area (Å²) in [6, 6.07) is 14.0. The number of rotatable bonds is 9. The van der Waals surface area contributed by atoms with Gasteiger partial charge in [-0.3, -0.25) is 14.4 Å². The first-order valence-corrected chi connectivity index (χ1v) is 9.80. The minimum absolute atomic E-state index is 0.147. The van der Waals surface area contributed by atoms with Crippen molar-refractivity contribution >= 4 is 17.7 Å². The maximum atomic E-state index is 12.2. The van der Waals surface area contributed by atoms with Gasteiger partial charge in [-0.05, 0) is 35.2 Å². The van der Waals surface area contributed by atoms with E-state index in [1.165, 1.54) is 12.1 Å². The number of nitriles is 1. The number of alkyl halides is 3. The number of carbonyl (C=O) groups excluding carboxylic acids is 3. The molecule has 5 N–H and O–H groups in total. The minimum Gasteiger partial charge on any atom is -0.350 e. The van der Waals surface area contributed by atoms with E-state index in [1.807, 2.05) is 6.07 Å². The lowest BCUT2D eigenvalue weighted by atomic mass is 10.0. The van der Waals surface area contributed by atoms with Gasteiger partial charge in [0.15, 0.2) is 0 Å². The van der Waals surface area contributed by atoms with Crippen LogP contribution in [0.5, 0.6) is 0 Å². The second-order valence-corrected chi connectivity index (χ2v) is 7.11. The second-order valence-electron chi connectivity index (χ2n) is 7.11. The fraction of sp³-hybridized carbons (Fsp3) is 0.273. The van der Waals surface area contributed by atoms with Gasteiger partial charge < -0.3 is 21.7 Å². The van der Waals surface area contributed by atoms with E-state index in [1.54, 1.807) is 41.7 Å². The minimum atomic E-state index is -4.94. The summed E-state index contributed by atoms with van der Waals surface area (Å²) in [6.07, 6.45) is -4.80. The summed E-state index contributed by atoms with van der Waals surface area (Å²) in [5, 5.41) is 15.6. The molecule has 33 heavy (non-hydrogen) atoms. The number of hydrogen-bond donors (Lipinski definition) is 4. The van der Waals surface area contributed by atoms with Crippen molar-refractivity contribution in [3.05, 3.63) is 70.8 Å². The molecule has 2 rings (SSSR count). The third-order valence-electron chi connectivity index (χ3n) is 4.52. The summed E-state index contributed by atoms with van der Waals surface area (Å²) in [5.41, 5.74) is 8.28. The predicted molar refractivity (Wildman–Crippen MR) is 112 cm³/mol. The van der Waals surface area contributed by atoms with Crippen molar-refractivity contribution in [1.82, 2.24) is 16.0 Å². The summed E-state index contributed by atoms with van der Waals surface area (Å²) in [6.45, 7) is -0.314. The standard InChI is InChI=1S/C22H22F3N5O3/c23-22(24,25)21(33)30-12-17-5-1-14(2-6-17)9-18(27)20(32)29-13-19(31)28-11-16-7-3-15(10-26)4-8-16/h1-8,18H,9,11-13,27H2,(H,28,31)(H,29,32)(H,30,33). The molecule has 1 atom stereocenters. The van der Waals surface area contributed by atoms with Gasteiger partial charge >= 0.3 is 12.1 Å². The summed E-state index contributed by atoms with van der Waals surface area (Å²) >= 11 is 0. The van der Waals surface area contributed by atoms with Crippen molar-refractivity contribution in [2.45, 2.75) is 31.7 Å². The monoisotopic (exact) mass is 461 g/mol. The number of amides is 3. The molecule has 11 heteroatoms. The van der Waals surface area contributed by atoms with Crippen LogP contribution in [0, 0.1) is 11.3 Å². The maximum Gasteiger partial charge on any atom is 0.471 e. The first kappa shape index (κ1) is 25.4. The van der Waals surface area contributed by atoms with Crippen LogP contribution in [0.25, 0.3) is 0 Å².